The van der Waals surface area contributed by atoms with Crippen LogP contribution in [0.4, 0.5) is 0 Å². The van der Waals surface area contributed by atoms with Crippen LogP contribution in [0.15, 0.2) is 85.1 Å². The highest BCUT2D eigenvalue weighted by atomic mass is 35.5. The van der Waals surface area contributed by atoms with E-state index >= 15 is 0 Å². The predicted molar refractivity (Wildman–Crippen MR) is 168 cm³/mol. The molecule has 0 aliphatic carbocycles. The zero-order chi connectivity index (χ0) is 29.7. The fraction of sp³-hybridized carbons (Fsp3) is 0.156. The van der Waals surface area contributed by atoms with Gasteiger partial charge < -0.3 is 9.30 Å². The van der Waals surface area contributed by atoms with Crippen LogP contribution < -0.4 is 4.74 Å². The van der Waals surface area contributed by atoms with Gasteiger partial charge in [0.05, 0.1) is 22.8 Å². The van der Waals surface area contributed by atoms with E-state index in [1.807, 2.05) is 42.5 Å². The number of aromatic nitrogens is 10. The number of ether oxygens (including phenoxy) is 1. The summed E-state index contributed by atoms with van der Waals surface area (Å²) in [7, 11) is 0. The van der Waals surface area contributed by atoms with Gasteiger partial charge in [0.15, 0.2) is 5.82 Å². The van der Waals surface area contributed by atoms with Crippen molar-refractivity contribution >= 4 is 45.6 Å². The van der Waals surface area contributed by atoms with Crippen LogP contribution in [0.1, 0.15) is 47.4 Å². The number of nitrogens with one attached hydrogen (secondary N) is 2. The number of aromatic amines is 2. The van der Waals surface area contributed by atoms with Gasteiger partial charge in [-0.05, 0) is 87.3 Å². The summed E-state index contributed by atoms with van der Waals surface area (Å²) in [6, 6.07) is 26.6. The van der Waals surface area contributed by atoms with Crippen LogP contribution >= 0.6 is 11.6 Å². The Kier molecular flexibility index (Phi) is 7.75. The summed E-state index contributed by atoms with van der Waals surface area (Å²) in [6.45, 7) is 0.232. The molecule has 7 rings (SSSR count). The molecule has 0 saturated heterocycles. The fourth-order valence-electron chi connectivity index (χ4n) is 5.41. The maximum absolute atomic E-state index is 6.21. The molecule has 7 aromatic rings. The predicted octanol–water partition coefficient (Wildman–Crippen LogP) is 6.23. The molecule has 4 heterocycles. The Balaban J connectivity index is 1.21. The molecule has 1 unspecified atom stereocenters. The fourth-order valence-corrected chi connectivity index (χ4v) is 5.58. The molecule has 44 heavy (non-hydrogen) atoms. The zero-order valence-corrected chi connectivity index (χ0v) is 24.3. The Morgan fingerprint density at radius 2 is 1.68 bits per heavy atom. The number of hydrogen-bond acceptors (Lipinski definition) is 8. The number of benzene rings is 3. The summed E-state index contributed by atoms with van der Waals surface area (Å²) in [5.41, 5.74) is 4.99. The van der Waals surface area contributed by atoms with E-state index in [1.54, 1.807) is 0 Å². The summed E-state index contributed by atoms with van der Waals surface area (Å²) in [5.74, 6) is 2.08. The van der Waals surface area contributed by atoms with Gasteiger partial charge in [-0.2, -0.15) is 0 Å². The van der Waals surface area contributed by atoms with Gasteiger partial charge in [-0.25, -0.2) is 15.2 Å². The number of hydrogen-bond donors (Lipinski definition) is 2. The number of H-pyrrole nitrogens is 2. The standard InChI is InChI=1S/C32H27ClN10O/c33-25-13-11-22-12-15-26(34-27(22)19-25)14-10-21-4-1-6-24(18-21)28(7-3-9-30-35-39-40-36-30)43-17-16-23-5-2-8-29(32(23)43)44-20-31-37-41-42-38-31/h1-2,4-6,8,10-19,28H,3,7,9,20H2,(H,35,36,39,40)(H,37,38,41,42). The van der Waals surface area contributed by atoms with Crippen LogP contribution in [0, 0.1) is 0 Å². The number of pyridine rings is 1. The number of tetrazole rings is 2. The van der Waals surface area contributed by atoms with E-state index < -0.39 is 0 Å². The average molecular weight is 603 g/mol. The van der Waals surface area contributed by atoms with E-state index in [0.717, 1.165) is 63.9 Å². The van der Waals surface area contributed by atoms with Gasteiger partial charge in [0, 0.05) is 28.4 Å². The molecular formula is C32H27ClN10O. The Bertz CT molecular complexity index is 2040. The molecule has 4 aromatic heterocycles. The molecule has 2 N–H and O–H groups in total. The van der Waals surface area contributed by atoms with Crippen molar-refractivity contribution < 1.29 is 4.74 Å². The average Bonchev–Trinajstić information content (AvgIpc) is 3.84. The molecule has 1 atom stereocenters. The molecule has 0 fully saturated rings. The van der Waals surface area contributed by atoms with Gasteiger partial charge >= 0.3 is 0 Å². The Hall–Kier alpha value is -5.42. The number of rotatable bonds is 11. The SMILES string of the molecule is Clc1ccc2ccc(C=Cc3cccc(C(CCCc4nnn[nH]4)n4ccc5cccc(OCc6nnn[nH]6)c54)c3)nc2c1. The number of nitrogens with zero attached hydrogens (tertiary/aromatic N) is 8. The van der Waals surface area contributed by atoms with E-state index in [0.29, 0.717) is 10.8 Å². The van der Waals surface area contributed by atoms with Crippen LogP contribution in [0.5, 0.6) is 5.75 Å². The first-order valence-corrected chi connectivity index (χ1v) is 14.6. The number of fused-ring (bicyclic) bond motifs is 2. The highest BCUT2D eigenvalue weighted by Gasteiger charge is 2.19. The van der Waals surface area contributed by atoms with Crippen molar-refractivity contribution in [3.8, 4) is 5.75 Å². The summed E-state index contributed by atoms with van der Waals surface area (Å²) in [4.78, 5) is 4.77. The van der Waals surface area contributed by atoms with Crippen LogP contribution in [0.3, 0.4) is 0 Å². The van der Waals surface area contributed by atoms with Gasteiger partial charge in [0.2, 0.25) is 0 Å². The Labute approximate surface area is 256 Å². The van der Waals surface area contributed by atoms with Crippen molar-refractivity contribution in [2.45, 2.75) is 31.9 Å². The molecular weight excluding hydrogens is 576 g/mol. The lowest BCUT2D eigenvalue weighted by molar-refractivity contribution is 0.297. The third kappa shape index (κ3) is 6.04. The van der Waals surface area contributed by atoms with Crippen molar-refractivity contribution in [1.29, 1.82) is 0 Å². The smallest absolute Gasteiger partial charge is 0.186 e. The third-order valence-electron chi connectivity index (χ3n) is 7.49. The Morgan fingerprint density at radius 3 is 2.55 bits per heavy atom. The minimum Gasteiger partial charge on any atom is -0.483 e. The first-order chi connectivity index (χ1) is 21.7. The van der Waals surface area contributed by atoms with Crippen molar-refractivity contribution in [3.05, 3.63) is 119 Å². The molecule has 0 saturated carbocycles. The quantitative estimate of drug-likeness (QED) is 0.178. The molecule has 0 bridgehead atoms. The summed E-state index contributed by atoms with van der Waals surface area (Å²) in [6.07, 6.45) is 8.71. The van der Waals surface area contributed by atoms with E-state index in [9.17, 15) is 0 Å². The van der Waals surface area contributed by atoms with E-state index in [-0.39, 0.29) is 12.6 Å². The van der Waals surface area contributed by atoms with Crippen LogP contribution in [-0.2, 0) is 13.0 Å². The maximum atomic E-state index is 6.21. The van der Waals surface area contributed by atoms with Crippen molar-refractivity contribution in [2.24, 2.45) is 0 Å². The first-order valence-electron chi connectivity index (χ1n) is 14.2. The normalized spacial score (nSPS) is 12.4. The molecule has 11 nitrogen and oxygen atoms in total. The van der Waals surface area contributed by atoms with E-state index in [4.69, 9.17) is 21.3 Å². The maximum Gasteiger partial charge on any atom is 0.186 e. The second kappa shape index (κ2) is 12.4. The van der Waals surface area contributed by atoms with Gasteiger partial charge in [-0.15, -0.1) is 10.2 Å². The highest BCUT2D eigenvalue weighted by molar-refractivity contribution is 6.31. The van der Waals surface area contributed by atoms with Crippen LogP contribution in [0.25, 0.3) is 34.0 Å². The van der Waals surface area contributed by atoms with Crippen molar-refractivity contribution in [3.63, 3.8) is 0 Å². The van der Waals surface area contributed by atoms with Crippen LogP contribution in [0.2, 0.25) is 5.02 Å². The highest BCUT2D eigenvalue weighted by Crippen LogP contribution is 2.35. The molecule has 3 aromatic carbocycles. The molecule has 0 amide bonds. The minimum absolute atomic E-state index is 0.0226. The van der Waals surface area contributed by atoms with Crippen LogP contribution in [-0.4, -0.2) is 50.8 Å². The monoisotopic (exact) mass is 602 g/mol. The molecule has 0 spiro atoms. The molecule has 12 heteroatoms. The Morgan fingerprint density at radius 1 is 0.841 bits per heavy atom. The summed E-state index contributed by atoms with van der Waals surface area (Å²) >= 11 is 6.20. The number of para-hydroxylation sites is 1. The second-order valence-corrected chi connectivity index (χ2v) is 10.8. The number of halogens is 1. The van der Waals surface area contributed by atoms with Gasteiger partial charge in [-0.3, -0.25) is 0 Å². The van der Waals surface area contributed by atoms with Crippen molar-refractivity contribution in [2.75, 3.05) is 0 Å². The zero-order valence-electron chi connectivity index (χ0n) is 23.5. The lowest BCUT2D eigenvalue weighted by atomic mass is 9.98. The van der Waals surface area contributed by atoms with Crippen molar-refractivity contribution in [1.82, 2.24) is 50.8 Å². The number of aryl methyl sites for hydroxylation is 1. The molecule has 218 valence electrons. The van der Waals surface area contributed by atoms with Gasteiger partial charge in [-0.1, -0.05) is 60.1 Å². The van der Waals surface area contributed by atoms with Gasteiger partial charge in [0.25, 0.3) is 0 Å². The topological polar surface area (TPSA) is 136 Å². The van der Waals surface area contributed by atoms with E-state index in [1.165, 1.54) is 5.56 Å². The lowest BCUT2D eigenvalue weighted by Crippen LogP contribution is -2.11. The largest absolute Gasteiger partial charge is 0.483 e. The summed E-state index contributed by atoms with van der Waals surface area (Å²) in [5, 5.41) is 31.2. The molecule has 0 aliphatic heterocycles. The lowest BCUT2D eigenvalue weighted by Gasteiger charge is -2.22. The second-order valence-electron chi connectivity index (χ2n) is 10.4. The molecule has 0 radical (unpaired) electrons. The third-order valence-corrected chi connectivity index (χ3v) is 7.73. The van der Waals surface area contributed by atoms with Gasteiger partial charge in [0.1, 0.15) is 18.2 Å². The first kappa shape index (κ1) is 27.4. The van der Waals surface area contributed by atoms with E-state index in [2.05, 4.69) is 101 Å². The minimum atomic E-state index is 0.0226. The summed E-state index contributed by atoms with van der Waals surface area (Å²) < 4.78 is 8.50. The molecule has 0 aliphatic rings.